The van der Waals surface area contributed by atoms with Gasteiger partial charge in [0.2, 0.25) is 0 Å². The SMILES string of the molecule is CNC(C)c1ccc2c(c1)CCCN2CCCO. The third-order valence-electron chi connectivity index (χ3n) is 3.84. The van der Waals surface area contributed by atoms with Crippen molar-refractivity contribution in [3.8, 4) is 0 Å². The van der Waals surface area contributed by atoms with E-state index in [9.17, 15) is 0 Å². The van der Waals surface area contributed by atoms with Crippen LogP contribution in [0.15, 0.2) is 18.2 Å². The molecule has 1 aliphatic heterocycles. The first-order valence-electron chi connectivity index (χ1n) is 6.92. The van der Waals surface area contributed by atoms with Gasteiger partial charge in [-0.2, -0.15) is 0 Å². The fraction of sp³-hybridized carbons (Fsp3) is 0.600. The van der Waals surface area contributed by atoms with Gasteiger partial charge < -0.3 is 15.3 Å². The van der Waals surface area contributed by atoms with Crippen LogP contribution < -0.4 is 10.2 Å². The molecular formula is C15H24N2O. The standard InChI is InChI=1S/C15H24N2O/c1-12(16-2)13-6-7-15-14(11-13)5-3-8-17(15)9-4-10-18/h6-7,11-12,16,18H,3-5,8-10H2,1-2H3. The maximum Gasteiger partial charge on any atom is 0.0447 e. The number of rotatable bonds is 5. The molecule has 3 heteroatoms. The number of aryl methyl sites for hydroxylation is 1. The van der Waals surface area contributed by atoms with Crippen molar-refractivity contribution >= 4 is 5.69 Å². The summed E-state index contributed by atoms with van der Waals surface area (Å²) in [5, 5.41) is 12.2. The highest BCUT2D eigenvalue weighted by Crippen LogP contribution is 2.29. The molecule has 0 bridgehead atoms. The topological polar surface area (TPSA) is 35.5 Å². The van der Waals surface area contributed by atoms with Gasteiger partial charge in [-0.25, -0.2) is 0 Å². The quantitative estimate of drug-likeness (QED) is 0.837. The van der Waals surface area contributed by atoms with Crippen LogP contribution >= 0.6 is 0 Å². The minimum Gasteiger partial charge on any atom is -0.396 e. The lowest BCUT2D eigenvalue weighted by molar-refractivity contribution is 0.289. The molecule has 1 aliphatic rings. The van der Waals surface area contributed by atoms with Crippen LogP contribution in [0.4, 0.5) is 5.69 Å². The van der Waals surface area contributed by atoms with Crippen molar-refractivity contribution in [3.05, 3.63) is 29.3 Å². The van der Waals surface area contributed by atoms with Crippen molar-refractivity contribution in [1.82, 2.24) is 5.32 Å². The van der Waals surface area contributed by atoms with Gasteiger partial charge in [-0.15, -0.1) is 0 Å². The Morgan fingerprint density at radius 2 is 2.28 bits per heavy atom. The molecule has 0 spiro atoms. The number of anilines is 1. The Labute approximate surface area is 110 Å². The van der Waals surface area contributed by atoms with Gasteiger partial charge in [0.15, 0.2) is 0 Å². The molecule has 3 nitrogen and oxygen atoms in total. The average Bonchev–Trinajstić information content (AvgIpc) is 2.43. The van der Waals surface area contributed by atoms with Gasteiger partial charge in [0.05, 0.1) is 0 Å². The van der Waals surface area contributed by atoms with Gasteiger partial charge in [0, 0.05) is 31.4 Å². The molecule has 2 N–H and O–H groups in total. The van der Waals surface area contributed by atoms with Crippen molar-refractivity contribution in [2.45, 2.75) is 32.2 Å². The van der Waals surface area contributed by atoms with Gasteiger partial charge >= 0.3 is 0 Å². The minimum absolute atomic E-state index is 0.278. The summed E-state index contributed by atoms with van der Waals surface area (Å²) in [5.74, 6) is 0. The maximum absolute atomic E-state index is 8.96. The van der Waals surface area contributed by atoms with E-state index < -0.39 is 0 Å². The predicted octanol–water partition coefficient (Wildman–Crippen LogP) is 2.10. The van der Waals surface area contributed by atoms with Gasteiger partial charge in [-0.1, -0.05) is 12.1 Å². The second kappa shape index (κ2) is 6.21. The highest BCUT2D eigenvalue weighted by Gasteiger charge is 2.17. The number of benzene rings is 1. The van der Waals surface area contributed by atoms with Gasteiger partial charge in [-0.05, 0) is 50.4 Å². The molecule has 1 unspecified atom stereocenters. The zero-order chi connectivity index (χ0) is 13.0. The van der Waals surface area contributed by atoms with Crippen LogP contribution in [0.25, 0.3) is 0 Å². The smallest absolute Gasteiger partial charge is 0.0447 e. The monoisotopic (exact) mass is 248 g/mol. The third-order valence-corrected chi connectivity index (χ3v) is 3.84. The number of nitrogens with one attached hydrogen (secondary N) is 1. The van der Waals surface area contributed by atoms with E-state index in [4.69, 9.17) is 5.11 Å². The molecule has 18 heavy (non-hydrogen) atoms. The summed E-state index contributed by atoms with van der Waals surface area (Å²) in [6.45, 7) is 4.55. The number of hydrogen-bond donors (Lipinski definition) is 2. The first-order chi connectivity index (χ1) is 8.76. The number of fused-ring (bicyclic) bond motifs is 1. The molecule has 100 valence electrons. The Bertz CT molecular complexity index is 392. The molecule has 1 atom stereocenters. The minimum atomic E-state index is 0.278. The van der Waals surface area contributed by atoms with Crippen LogP contribution in [0, 0.1) is 0 Å². The second-order valence-corrected chi connectivity index (χ2v) is 5.07. The van der Waals surface area contributed by atoms with E-state index in [0.717, 1.165) is 19.5 Å². The summed E-state index contributed by atoms with van der Waals surface area (Å²) in [5.41, 5.74) is 4.18. The third kappa shape index (κ3) is 2.85. The molecule has 0 saturated heterocycles. The van der Waals surface area contributed by atoms with E-state index >= 15 is 0 Å². The Balaban J connectivity index is 2.19. The van der Waals surface area contributed by atoms with Crippen molar-refractivity contribution in [2.75, 3.05) is 31.6 Å². The summed E-state index contributed by atoms with van der Waals surface area (Å²) < 4.78 is 0. The van der Waals surface area contributed by atoms with Crippen molar-refractivity contribution in [2.24, 2.45) is 0 Å². The summed E-state index contributed by atoms with van der Waals surface area (Å²) in [4.78, 5) is 2.41. The van der Waals surface area contributed by atoms with Crippen molar-refractivity contribution in [3.63, 3.8) is 0 Å². The van der Waals surface area contributed by atoms with Crippen LogP contribution in [0.1, 0.15) is 36.9 Å². The molecule has 0 saturated carbocycles. The Hall–Kier alpha value is -1.06. The zero-order valence-corrected chi connectivity index (χ0v) is 11.4. The molecule has 0 aliphatic carbocycles. The van der Waals surface area contributed by atoms with Gasteiger partial charge in [0.25, 0.3) is 0 Å². The summed E-state index contributed by atoms with van der Waals surface area (Å²) >= 11 is 0. The fourth-order valence-corrected chi connectivity index (χ4v) is 2.62. The lowest BCUT2D eigenvalue weighted by atomic mass is 9.97. The first kappa shape index (κ1) is 13.4. The second-order valence-electron chi connectivity index (χ2n) is 5.07. The molecule has 1 aromatic rings. The predicted molar refractivity (Wildman–Crippen MR) is 76.2 cm³/mol. The molecule has 1 heterocycles. The highest BCUT2D eigenvalue weighted by molar-refractivity contribution is 5.57. The number of nitrogens with zero attached hydrogens (tertiary/aromatic N) is 1. The van der Waals surface area contributed by atoms with E-state index in [1.54, 1.807) is 0 Å². The van der Waals surface area contributed by atoms with E-state index in [-0.39, 0.29) is 6.61 Å². The summed E-state index contributed by atoms with van der Waals surface area (Å²) in [7, 11) is 2.00. The molecule has 0 fully saturated rings. The Morgan fingerprint density at radius 3 is 3.00 bits per heavy atom. The van der Waals surface area contributed by atoms with Gasteiger partial charge in [-0.3, -0.25) is 0 Å². The molecule has 0 amide bonds. The van der Waals surface area contributed by atoms with Crippen molar-refractivity contribution in [1.29, 1.82) is 0 Å². The fourth-order valence-electron chi connectivity index (χ4n) is 2.62. The Kier molecular flexibility index (Phi) is 4.61. The lowest BCUT2D eigenvalue weighted by Crippen LogP contribution is -2.31. The van der Waals surface area contributed by atoms with E-state index in [1.165, 1.54) is 29.7 Å². The van der Waals surface area contributed by atoms with Crippen LogP contribution in [-0.4, -0.2) is 31.9 Å². The summed E-state index contributed by atoms with van der Waals surface area (Å²) in [6, 6.07) is 7.21. The highest BCUT2D eigenvalue weighted by atomic mass is 16.3. The van der Waals surface area contributed by atoms with Crippen LogP contribution in [0.3, 0.4) is 0 Å². The number of hydrogen-bond acceptors (Lipinski definition) is 3. The molecule has 1 aromatic carbocycles. The molecule has 0 radical (unpaired) electrons. The molecular weight excluding hydrogens is 224 g/mol. The normalized spacial score (nSPS) is 16.5. The molecule has 2 rings (SSSR count). The maximum atomic E-state index is 8.96. The zero-order valence-electron chi connectivity index (χ0n) is 11.4. The van der Waals surface area contributed by atoms with Crippen LogP contribution in [0.5, 0.6) is 0 Å². The van der Waals surface area contributed by atoms with Crippen LogP contribution in [-0.2, 0) is 6.42 Å². The van der Waals surface area contributed by atoms with E-state index in [2.05, 4.69) is 35.3 Å². The largest absolute Gasteiger partial charge is 0.396 e. The number of aliphatic hydroxyl groups is 1. The van der Waals surface area contributed by atoms with E-state index in [1.807, 2.05) is 7.05 Å². The van der Waals surface area contributed by atoms with Crippen LogP contribution in [0.2, 0.25) is 0 Å². The average molecular weight is 248 g/mol. The lowest BCUT2D eigenvalue weighted by Gasteiger charge is -2.32. The summed E-state index contributed by atoms with van der Waals surface area (Å²) in [6.07, 6.45) is 3.25. The number of aliphatic hydroxyl groups excluding tert-OH is 1. The first-order valence-corrected chi connectivity index (χ1v) is 6.92. The Morgan fingerprint density at radius 1 is 1.44 bits per heavy atom. The molecule has 0 aromatic heterocycles. The van der Waals surface area contributed by atoms with E-state index in [0.29, 0.717) is 6.04 Å². The van der Waals surface area contributed by atoms with Gasteiger partial charge in [0.1, 0.15) is 0 Å². The van der Waals surface area contributed by atoms with Crippen molar-refractivity contribution < 1.29 is 5.11 Å².